The second kappa shape index (κ2) is 7.98. The first kappa shape index (κ1) is 18.4. The van der Waals surface area contributed by atoms with Gasteiger partial charge in [-0.15, -0.1) is 0 Å². The number of amides is 1. The Morgan fingerprint density at radius 2 is 2.18 bits per heavy atom. The fourth-order valence-electron chi connectivity index (χ4n) is 3.38. The minimum Gasteiger partial charge on any atom is -0.493 e. The van der Waals surface area contributed by atoms with E-state index in [1.54, 1.807) is 24.5 Å². The van der Waals surface area contributed by atoms with Gasteiger partial charge in [-0.05, 0) is 35.2 Å². The van der Waals surface area contributed by atoms with Crippen LogP contribution in [0.5, 0.6) is 5.75 Å². The van der Waals surface area contributed by atoms with Crippen LogP contribution in [0, 0.1) is 0 Å². The number of ether oxygens (including phenoxy) is 1. The highest BCUT2D eigenvalue weighted by Gasteiger charge is 2.26. The third-order valence-electron chi connectivity index (χ3n) is 4.89. The van der Waals surface area contributed by atoms with Gasteiger partial charge in [-0.25, -0.2) is 0 Å². The zero-order valence-corrected chi connectivity index (χ0v) is 15.3. The summed E-state index contributed by atoms with van der Waals surface area (Å²) < 4.78 is 5.62. The Bertz CT molecular complexity index is 1010. The quantitative estimate of drug-likeness (QED) is 0.496. The number of carbonyl (C=O) groups is 1. The fourth-order valence-corrected chi connectivity index (χ4v) is 3.38. The van der Waals surface area contributed by atoms with Crippen LogP contribution in [0.25, 0.3) is 10.8 Å². The molecule has 2 heterocycles. The lowest BCUT2D eigenvalue weighted by Crippen LogP contribution is -2.44. The van der Waals surface area contributed by atoms with E-state index >= 15 is 0 Å². The lowest BCUT2D eigenvalue weighted by Gasteiger charge is -2.18. The van der Waals surface area contributed by atoms with E-state index in [9.17, 15) is 9.82 Å². The van der Waals surface area contributed by atoms with E-state index in [-0.39, 0.29) is 12.5 Å². The van der Waals surface area contributed by atoms with Crippen molar-refractivity contribution in [3.8, 4) is 5.75 Å². The number of hydrogen-bond donors (Lipinski definition) is 4. The van der Waals surface area contributed by atoms with Crippen LogP contribution in [-0.2, 0) is 4.79 Å². The molecular weight excluding hydrogens is 355 g/mol. The van der Waals surface area contributed by atoms with Gasteiger partial charge in [0.15, 0.2) is 0 Å². The highest BCUT2D eigenvalue weighted by Crippen LogP contribution is 2.22. The summed E-state index contributed by atoms with van der Waals surface area (Å²) in [6, 6.07) is 12.9. The van der Waals surface area contributed by atoms with E-state index in [2.05, 4.69) is 15.5 Å². The first-order chi connectivity index (χ1) is 13.7. The summed E-state index contributed by atoms with van der Waals surface area (Å²) in [5.74, 6) is -0.137. The van der Waals surface area contributed by atoms with E-state index in [1.807, 2.05) is 30.3 Å². The standard InChI is InChI=1S/C20H21BN4O3/c22-11-17(14-2-4-19-18(10-14)21(27)24-7-8-28-19)20(26)25-16-3-1-15-12-23-6-5-13(15)9-16/h1-6,9-10,12,17,24,27H,7-8,11,22H2,(H,25,26). The molecule has 0 spiro atoms. The Hall–Kier alpha value is -2.94. The van der Waals surface area contributed by atoms with Gasteiger partial charge in [0, 0.05) is 42.0 Å². The second-order valence-electron chi connectivity index (χ2n) is 6.72. The van der Waals surface area contributed by atoms with Crippen LogP contribution in [0.15, 0.2) is 54.9 Å². The predicted molar refractivity (Wildman–Crippen MR) is 110 cm³/mol. The molecule has 0 fully saturated rings. The van der Waals surface area contributed by atoms with Crippen LogP contribution in [-0.4, -0.2) is 42.7 Å². The monoisotopic (exact) mass is 376 g/mol. The first-order valence-corrected chi connectivity index (χ1v) is 9.18. The number of nitrogens with zero attached hydrogens (tertiary/aromatic N) is 1. The number of nitrogens with two attached hydrogens (primary N) is 1. The molecule has 0 aliphatic carbocycles. The molecule has 4 rings (SSSR count). The van der Waals surface area contributed by atoms with Gasteiger partial charge >= 0.3 is 7.05 Å². The lowest BCUT2D eigenvalue weighted by atomic mass is 9.72. The summed E-state index contributed by atoms with van der Waals surface area (Å²) in [5.41, 5.74) is 7.95. The van der Waals surface area contributed by atoms with Crippen molar-refractivity contribution < 1.29 is 14.6 Å². The van der Waals surface area contributed by atoms with E-state index in [4.69, 9.17) is 10.5 Å². The smallest absolute Gasteiger partial charge is 0.417 e. The van der Waals surface area contributed by atoms with Crippen molar-refractivity contribution in [1.29, 1.82) is 0 Å². The molecule has 28 heavy (non-hydrogen) atoms. The SMILES string of the molecule is NCC(C(=O)Nc1ccc2cnccc2c1)c1ccc2c(c1)B(O)NCCO2. The topological polar surface area (TPSA) is 110 Å². The average Bonchev–Trinajstić information content (AvgIpc) is 2.90. The molecule has 1 aliphatic rings. The lowest BCUT2D eigenvalue weighted by molar-refractivity contribution is -0.117. The Morgan fingerprint density at radius 1 is 1.29 bits per heavy atom. The molecule has 1 atom stereocenters. The Labute approximate surface area is 163 Å². The number of nitrogens with one attached hydrogen (secondary N) is 2. The van der Waals surface area contributed by atoms with Gasteiger partial charge in [0.1, 0.15) is 5.75 Å². The van der Waals surface area contributed by atoms with Crippen molar-refractivity contribution in [2.24, 2.45) is 5.73 Å². The van der Waals surface area contributed by atoms with Crippen molar-refractivity contribution in [2.45, 2.75) is 5.92 Å². The minimum atomic E-state index is -0.840. The summed E-state index contributed by atoms with van der Waals surface area (Å²) in [6.45, 7) is 1.16. The maximum atomic E-state index is 12.9. The zero-order valence-electron chi connectivity index (χ0n) is 15.3. The highest BCUT2D eigenvalue weighted by molar-refractivity contribution is 6.64. The zero-order chi connectivity index (χ0) is 19.5. The van der Waals surface area contributed by atoms with Crippen LogP contribution in [0.2, 0.25) is 0 Å². The molecular formula is C20H21BN4O3. The minimum absolute atomic E-state index is 0.145. The molecule has 142 valence electrons. The second-order valence-corrected chi connectivity index (χ2v) is 6.72. The van der Waals surface area contributed by atoms with E-state index in [0.717, 1.165) is 16.3 Å². The highest BCUT2D eigenvalue weighted by atomic mass is 16.5. The average molecular weight is 376 g/mol. The number of rotatable bonds is 4. The molecule has 0 bridgehead atoms. The van der Waals surface area contributed by atoms with Crippen LogP contribution in [0.4, 0.5) is 5.69 Å². The number of anilines is 1. The van der Waals surface area contributed by atoms with Crippen LogP contribution < -0.4 is 26.5 Å². The van der Waals surface area contributed by atoms with Gasteiger partial charge < -0.3 is 26.0 Å². The molecule has 7 nitrogen and oxygen atoms in total. The summed E-state index contributed by atoms with van der Waals surface area (Å²) >= 11 is 0. The number of aromatic nitrogens is 1. The number of hydrogen-bond acceptors (Lipinski definition) is 6. The van der Waals surface area contributed by atoms with E-state index < -0.39 is 13.0 Å². The van der Waals surface area contributed by atoms with Crippen LogP contribution >= 0.6 is 0 Å². The fraction of sp³-hybridized carbons (Fsp3) is 0.200. The molecule has 1 aliphatic heterocycles. The Balaban J connectivity index is 1.58. The van der Waals surface area contributed by atoms with Crippen molar-refractivity contribution in [3.05, 3.63) is 60.4 Å². The molecule has 0 radical (unpaired) electrons. The third-order valence-corrected chi connectivity index (χ3v) is 4.89. The van der Waals surface area contributed by atoms with E-state index in [1.165, 1.54) is 0 Å². The van der Waals surface area contributed by atoms with Gasteiger partial charge in [-0.1, -0.05) is 18.2 Å². The van der Waals surface area contributed by atoms with Crippen molar-refractivity contribution in [3.63, 3.8) is 0 Å². The predicted octanol–water partition coefficient (Wildman–Crippen LogP) is 0.585. The molecule has 1 aromatic heterocycles. The van der Waals surface area contributed by atoms with Crippen LogP contribution in [0.1, 0.15) is 11.5 Å². The molecule has 3 aromatic rings. The molecule has 0 saturated heterocycles. The molecule has 1 amide bonds. The van der Waals surface area contributed by atoms with Crippen LogP contribution in [0.3, 0.4) is 0 Å². The van der Waals surface area contributed by atoms with Gasteiger partial charge in [0.05, 0.1) is 12.5 Å². The maximum Gasteiger partial charge on any atom is 0.417 e. The summed E-state index contributed by atoms with van der Waals surface area (Å²) in [4.78, 5) is 17.0. The van der Waals surface area contributed by atoms with Gasteiger partial charge in [-0.2, -0.15) is 0 Å². The van der Waals surface area contributed by atoms with Crippen molar-refractivity contribution in [2.75, 3.05) is 25.0 Å². The largest absolute Gasteiger partial charge is 0.493 e. The molecule has 1 unspecified atom stereocenters. The molecule has 2 aromatic carbocycles. The molecule has 0 saturated carbocycles. The van der Waals surface area contributed by atoms with Gasteiger partial charge in [-0.3, -0.25) is 9.78 Å². The van der Waals surface area contributed by atoms with Crippen molar-refractivity contribution >= 4 is 34.9 Å². The van der Waals surface area contributed by atoms with Gasteiger partial charge in [0.25, 0.3) is 0 Å². The molecule has 5 N–H and O–H groups in total. The summed E-state index contributed by atoms with van der Waals surface area (Å²) in [5, 5.41) is 18.2. The van der Waals surface area contributed by atoms with Crippen molar-refractivity contribution in [1.82, 2.24) is 10.2 Å². The maximum absolute atomic E-state index is 12.9. The number of carbonyl (C=O) groups excluding carboxylic acids is 1. The first-order valence-electron chi connectivity index (χ1n) is 9.18. The van der Waals surface area contributed by atoms with Gasteiger partial charge in [0.2, 0.25) is 5.91 Å². The Kier molecular flexibility index (Phi) is 5.25. The summed E-state index contributed by atoms with van der Waals surface area (Å²) in [6.07, 6.45) is 3.49. The Morgan fingerprint density at radius 3 is 3.04 bits per heavy atom. The normalized spacial score (nSPS) is 14.7. The molecule has 8 heteroatoms. The summed E-state index contributed by atoms with van der Waals surface area (Å²) in [7, 11) is -0.840. The number of benzene rings is 2. The van der Waals surface area contributed by atoms with E-state index in [0.29, 0.717) is 30.1 Å². The number of fused-ring (bicyclic) bond motifs is 2. The third kappa shape index (κ3) is 3.70. The number of pyridine rings is 1.